The van der Waals surface area contributed by atoms with Crippen LogP contribution in [-0.2, 0) is 0 Å². The molecule has 0 bridgehead atoms. The van der Waals surface area contributed by atoms with Crippen molar-refractivity contribution in [1.29, 1.82) is 0 Å². The zero-order valence-electron chi connectivity index (χ0n) is 13.4. The third-order valence-corrected chi connectivity index (χ3v) is 4.03. The third kappa shape index (κ3) is 9.83. The first-order valence-electron chi connectivity index (χ1n) is 7.82. The summed E-state index contributed by atoms with van der Waals surface area (Å²) < 4.78 is 0. The molecule has 0 aromatic heterocycles. The van der Waals surface area contributed by atoms with Gasteiger partial charge in [0.2, 0.25) is 0 Å². The van der Waals surface area contributed by atoms with E-state index in [-0.39, 0.29) is 36.2 Å². The van der Waals surface area contributed by atoms with Crippen molar-refractivity contribution in [3.63, 3.8) is 0 Å². The van der Waals surface area contributed by atoms with Crippen molar-refractivity contribution < 1.29 is 34.7 Å². The topological polar surface area (TPSA) is 23.1 Å². The van der Waals surface area contributed by atoms with Crippen molar-refractivity contribution in [3.05, 3.63) is 0 Å². The molecule has 104 valence electrons. The van der Waals surface area contributed by atoms with Crippen LogP contribution in [0.2, 0.25) is 0 Å². The predicted molar refractivity (Wildman–Crippen MR) is 75.1 cm³/mol. The van der Waals surface area contributed by atoms with Gasteiger partial charge in [0.15, 0.2) is 0 Å². The van der Waals surface area contributed by atoms with E-state index in [1.165, 1.54) is 64.2 Å². The molecule has 0 radical (unpaired) electrons. The summed E-state index contributed by atoms with van der Waals surface area (Å²) in [6, 6.07) is 0. The molecule has 1 nitrogen and oxygen atoms in total. The molecule has 0 atom stereocenters. The monoisotopic (exact) mass is 264 g/mol. The predicted octanol–water partition coefficient (Wildman–Crippen LogP) is 1.69. The molecule has 0 N–H and O–H groups in total. The number of rotatable bonds is 12. The Morgan fingerprint density at radius 1 is 0.667 bits per heavy atom. The molecule has 0 aromatic rings. The molecule has 0 saturated carbocycles. The molecular weight excluding hydrogens is 231 g/mol. The van der Waals surface area contributed by atoms with E-state index in [9.17, 15) is 5.11 Å². The van der Waals surface area contributed by atoms with Gasteiger partial charge >= 0.3 is 29.6 Å². The van der Waals surface area contributed by atoms with Gasteiger partial charge in [-0.25, -0.2) is 0 Å². The number of hydrogen-bond acceptors (Lipinski definition) is 1. The smallest absolute Gasteiger partial charge is 0.854 e. The van der Waals surface area contributed by atoms with Gasteiger partial charge in [-0.2, -0.15) is 0 Å². The molecule has 0 rings (SSSR count). The quantitative estimate of drug-likeness (QED) is 0.492. The summed E-state index contributed by atoms with van der Waals surface area (Å²) >= 11 is 0. The summed E-state index contributed by atoms with van der Waals surface area (Å²) in [7, 11) is 0. The summed E-state index contributed by atoms with van der Waals surface area (Å²) in [6.07, 6.45) is 14.0. The molecule has 0 aliphatic rings. The normalized spacial score (nSPS) is 11.3. The average Bonchev–Trinajstić information content (AvgIpc) is 2.37. The summed E-state index contributed by atoms with van der Waals surface area (Å²) in [6.45, 7) is 6.94. The summed E-state index contributed by atoms with van der Waals surface area (Å²) in [5, 5.41) is 10.8. The minimum atomic E-state index is 0. The third-order valence-electron chi connectivity index (χ3n) is 4.03. The maximum Gasteiger partial charge on any atom is 1.00 e. The second kappa shape index (κ2) is 14.4. The van der Waals surface area contributed by atoms with Crippen molar-refractivity contribution in [2.24, 2.45) is 5.41 Å². The molecule has 0 saturated heterocycles. The molecule has 0 heterocycles. The van der Waals surface area contributed by atoms with Crippen LogP contribution in [0.3, 0.4) is 0 Å². The molecule has 0 fully saturated rings. The van der Waals surface area contributed by atoms with Crippen LogP contribution in [0.5, 0.6) is 0 Å². The van der Waals surface area contributed by atoms with Gasteiger partial charge < -0.3 is 5.11 Å². The Balaban J connectivity index is 0. The molecule has 0 spiro atoms. The van der Waals surface area contributed by atoms with Crippen LogP contribution < -0.4 is 34.7 Å². The van der Waals surface area contributed by atoms with Gasteiger partial charge in [0.1, 0.15) is 0 Å². The maximum atomic E-state index is 10.8. The van der Waals surface area contributed by atoms with E-state index in [2.05, 4.69) is 20.8 Å². The molecular formula is C16H33NaO. The maximum absolute atomic E-state index is 10.8. The van der Waals surface area contributed by atoms with Gasteiger partial charge in [0.05, 0.1) is 0 Å². The van der Waals surface area contributed by atoms with Gasteiger partial charge in [0, 0.05) is 0 Å². The molecule has 0 aromatic carbocycles. The van der Waals surface area contributed by atoms with Crippen LogP contribution in [0, 0.1) is 5.41 Å². The van der Waals surface area contributed by atoms with Gasteiger partial charge in [-0.15, -0.1) is 6.61 Å². The van der Waals surface area contributed by atoms with E-state index < -0.39 is 0 Å². The summed E-state index contributed by atoms with van der Waals surface area (Å²) in [5.74, 6) is 0. The van der Waals surface area contributed by atoms with Crippen molar-refractivity contribution in [2.75, 3.05) is 6.61 Å². The van der Waals surface area contributed by atoms with Crippen LogP contribution >= 0.6 is 0 Å². The van der Waals surface area contributed by atoms with Crippen LogP contribution in [0.1, 0.15) is 91.4 Å². The molecule has 0 amide bonds. The fraction of sp³-hybridized carbons (Fsp3) is 1.00. The Labute approximate surface area is 137 Å². The molecule has 0 unspecified atom stereocenters. The summed E-state index contributed by atoms with van der Waals surface area (Å²) in [4.78, 5) is 0. The van der Waals surface area contributed by atoms with E-state index in [1.54, 1.807) is 0 Å². The van der Waals surface area contributed by atoms with Crippen molar-refractivity contribution in [1.82, 2.24) is 0 Å². The Morgan fingerprint density at radius 2 is 1.00 bits per heavy atom. The first-order valence-corrected chi connectivity index (χ1v) is 7.82. The fourth-order valence-electron chi connectivity index (χ4n) is 2.85. The standard InChI is InChI=1S/C16H33O.Na/c1-4-7-11-16(12-8-5-2,13-9-6-3)14-10-15-17;/h4-15H2,1-3H3;/q-1;+1. The first kappa shape index (κ1) is 21.3. The van der Waals surface area contributed by atoms with E-state index in [0.717, 1.165) is 6.42 Å². The first-order chi connectivity index (χ1) is 8.24. The number of unbranched alkanes of at least 4 members (excludes halogenated alkanes) is 3. The molecule has 0 aliphatic heterocycles. The van der Waals surface area contributed by atoms with E-state index in [1.807, 2.05) is 0 Å². The van der Waals surface area contributed by atoms with Gasteiger partial charge in [-0.1, -0.05) is 65.7 Å². The largest absolute Gasteiger partial charge is 1.00 e. The van der Waals surface area contributed by atoms with Crippen LogP contribution in [-0.4, -0.2) is 6.61 Å². The number of hydrogen-bond donors (Lipinski definition) is 0. The van der Waals surface area contributed by atoms with Crippen molar-refractivity contribution in [2.45, 2.75) is 91.4 Å². The van der Waals surface area contributed by atoms with E-state index in [0.29, 0.717) is 5.41 Å². The van der Waals surface area contributed by atoms with Gasteiger partial charge in [-0.3, -0.25) is 0 Å². The Kier molecular flexibility index (Phi) is 17.0. The van der Waals surface area contributed by atoms with Crippen LogP contribution in [0.4, 0.5) is 0 Å². The van der Waals surface area contributed by atoms with Crippen molar-refractivity contribution >= 4 is 0 Å². The minimum Gasteiger partial charge on any atom is -0.854 e. The molecule has 0 aliphatic carbocycles. The van der Waals surface area contributed by atoms with Crippen LogP contribution in [0.15, 0.2) is 0 Å². The van der Waals surface area contributed by atoms with Gasteiger partial charge in [0.25, 0.3) is 0 Å². The fourth-order valence-corrected chi connectivity index (χ4v) is 2.85. The van der Waals surface area contributed by atoms with E-state index in [4.69, 9.17) is 0 Å². The summed E-state index contributed by atoms with van der Waals surface area (Å²) in [5.41, 5.74) is 0.506. The minimum absolute atomic E-state index is 0. The van der Waals surface area contributed by atoms with Crippen molar-refractivity contribution in [3.8, 4) is 0 Å². The Bertz CT molecular complexity index is 122. The second-order valence-electron chi connectivity index (χ2n) is 5.62. The second-order valence-corrected chi connectivity index (χ2v) is 5.62. The zero-order valence-corrected chi connectivity index (χ0v) is 15.4. The average molecular weight is 264 g/mol. The van der Waals surface area contributed by atoms with Crippen LogP contribution in [0.25, 0.3) is 0 Å². The zero-order chi connectivity index (χ0) is 13.0. The van der Waals surface area contributed by atoms with Gasteiger partial charge in [-0.05, 0) is 31.1 Å². The molecule has 18 heavy (non-hydrogen) atoms. The Morgan fingerprint density at radius 3 is 1.28 bits per heavy atom. The molecule has 2 heteroatoms. The SMILES string of the molecule is CCCCC(CCCC)(CCCC)CCC[O-].[Na+]. The van der Waals surface area contributed by atoms with E-state index >= 15 is 0 Å². The Hall–Kier alpha value is 0.960.